The number of nitroso groups, excluding NO2 is 1. The summed E-state index contributed by atoms with van der Waals surface area (Å²) in [6.45, 7) is 2.11. The third-order valence-corrected chi connectivity index (χ3v) is 2.56. The molecule has 0 bridgehead atoms. The number of benzene rings is 1. The smallest absolute Gasteiger partial charge is 0.253 e. The highest BCUT2D eigenvalue weighted by molar-refractivity contribution is 5.33. The summed E-state index contributed by atoms with van der Waals surface area (Å²) in [5, 5.41) is 8.51. The molecule has 2 aromatic rings. The number of aromatic amines is 1. The van der Waals surface area contributed by atoms with Crippen LogP contribution in [0, 0.1) is 4.91 Å². The first kappa shape index (κ1) is 10.5. The number of rotatable bonds is 4. The molecule has 16 heavy (non-hydrogen) atoms. The predicted molar refractivity (Wildman–Crippen MR) is 58.9 cm³/mol. The van der Waals surface area contributed by atoms with E-state index in [1.807, 2.05) is 17.3 Å². The molecule has 5 heteroatoms. The van der Waals surface area contributed by atoms with Gasteiger partial charge in [0.05, 0.1) is 0 Å². The van der Waals surface area contributed by atoms with Gasteiger partial charge in [-0.25, -0.2) is 4.98 Å². The molecular weight excluding hydrogens is 204 g/mol. The molecule has 0 fully saturated rings. The van der Waals surface area contributed by atoms with Crippen molar-refractivity contribution in [3.05, 3.63) is 46.9 Å². The molecule has 1 aromatic carbocycles. The summed E-state index contributed by atoms with van der Waals surface area (Å²) >= 11 is 0. The van der Waals surface area contributed by atoms with Crippen LogP contribution in [-0.4, -0.2) is 15.2 Å². The largest absolute Gasteiger partial charge is 0.263 e. The number of H-pyrrole nitrogens is 1. The quantitative estimate of drug-likeness (QED) is 0.789. The molecule has 1 aromatic heterocycles. The Labute approximate surface area is 92.9 Å². The summed E-state index contributed by atoms with van der Waals surface area (Å²) in [4.78, 5) is 14.5. The second kappa shape index (κ2) is 4.65. The first-order valence-electron chi connectivity index (χ1n) is 5.12. The fraction of sp³-hybridized carbons (Fsp3) is 0.273. The van der Waals surface area contributed by atoms with Crippen molar-refractivity contribution in [3.8, 4) is 0 Å². The number of nitrogens with one attached hydrogen (secondary N) is 2. The summed E-state index contributed by atoms with van der Waals surface area (Å²) in [5.41, 5.74) is 1.76. The van der Waals surface area contributed by atoms with Crippen LogP contribution in [0.1, 0.15) is 24.2 Å². The molecule has 0 radical (unpaired) electrons. The second-order valence-electron chi connectivity index (χ2n) is 3.76. The predicted octanol–water partition coefficient (Wildman–Crippen LogP) is 0.629. The SMILES string of the molecule is CC(Cc1ncn[nH]1)c1ccc([NH+]=O)cc1. The van der Waals surface area contributed by atoms with Gasteiger partial charge in [0.15, 0.2) is 0 Å². The van der Waals surface area contributed by atoms with Gasteiger partial charge in [-0.1, -0.05) is 19.1 Å². The number of hydrogen-bond donors (Lipinski definition) is 2. The lowest BCUT2D eigenvalue weighted by molar-refractivity contribution is -0.379. The minimum Gasteiger partial charge on any atom is -0.263 e. The maximum absolute atomic E-state index is 10.4. The van der Waals surface area contributed by atoms with Gasteiger partial charge in [0.25, 0.3) is 5.69 Å². The van der Waals surface area contributed by atoms with Crippen LogP contribution >= 0.6 is 0 Å². The minimum absolute atomic E-state index is 0.341. The fourth-order valence-corrected chi connectivity index (χ4v) is 1.62. The molecule has 2 N–H and O–H groups in total. The lowest BCUT2D eigenvalue weighted by Gasteiger charge is -2.08. The Morgan fingerprint density at radius 2 is 2.12 bits per heavy atom. The Bertz CT molecular complexity index is 449. The Morgan fingerprint density at radius 1 is 1.38 bits per heavy atom. The monoisotopic (exact) mass is 217 g/mol. The minimum atomic E-state index is 0.341. The number of aromatic nitrogens is 3. The highest BCUT2D eigenvalue weighted by atomic mass is 16.3. The van der Waals surface area contributed by atoms with Crippen molar-refractivity contribution in [2.24, 2.45) is 0 Å². The number of nitrogens with zero attached hydrogens (tertiary/aromatic N) is 2. The van der Waals surface area contributed by atoms with Gasteiger partial charge in [-0.2, -0.15) is 5.10 Å². The highest BCUT2D eigenvalue weighted by Crippen LogP contribution is 2.19. The van der Waals surface area contributed by atoms with E-state index in [1.54, 1.807) is 12.1 Å². The van der Waals surface area contributed by atoms with Crippen LogP contribution in [0.2, 0.25) is 0 Å². The topological polar surface area (TPSA) is 72.6 Å². The van der Waals surface area contributed by atoms with E-state index in [0.29, 0.717) is 11.6 Å². The van der Waals surface area contributed by atoms with Crippen LogP contribution in [0.4, 0.5) is 5.69 Å². The zero-order chi connectivity index (χ0) is 11.4. The van der Waals surface area contributed by atoms with E-state index in [1.165, 1.54) is 11.9 Å². The molecular formula is C11H13N4O+. The van der Waals surface area contributed by atoms with Crippen LogP contribution in [0.5, 0.6) is 0 Å². The van der Waals surface area contributed by atoms with Crippen LogP contribution < -0.4 is 5.18 Å². The Morgan fingerprint density at radius 3 is 2.69 bits per heavy atom. The molecule has 0 saturated heterocycles. The summed E-state index contributed by atoms with van der Waals surface area (Å²) in [5.74, 6) is 1.21. The summed E-state index contributed by atoms with van der Waals surface area (Å²) in [6.07, 6.45) is 2.32. The molecule has 0 saturated carbocycles. The lowest BCUT2D eigenvalue weighted by atomic mass is 9.97. The van der Waals surface area contributed by atoms with Gasteiger partial charge in [0.1, 0.15) is 12.2 Å². The van der Waals surface area contributed by atoms with E-state index in [4.69, 9.17) is 0 Å². The summed E-state index contributed by atoms with van der Waals surface area (Å²) in [6, 6.07) is 7.45. The normalized spacial score (nSPS) is 12.3. The maximum Gasteiger partial charge on any atom is 0.253 e. The van der Waals surface area contributed by atoms with E-state index < -0.39 is 0 Å². The zero-order valence-electron chi connectivity index (χ0n) is 8.97. The van der Waals surface area contributed by atoms with Crippen molar-refractivity contribution in [1.82, 2.24) is 15.2 Å². The molecule has 0 aliphatic rings. The zero-order valence-corrected chi connectivity index (χ0v) is 8.97. The van der Waals surface area contributed by atoms with E-state index in [-0.39, 0.29) is 0 Å². The van der Waals surface area contributed by atoms with Crippen LogP contribution in [0.25, 0.3) is 0 Å². The maximum atomic E-state index is 10.4. The molecule has 0 amide bonds. The Kier molecular flexibility index (Phi) is 3.05. The average molecular weight is 217 g/mol. The van der Waals surface area contributed by atoms with Gasteiger partial charge >= 0.3 is 0 Å². The molecule has 0 spiro atoms. The van der Waals surface area contributed by atoms with Crippen molar-refractivity contribution in [2.75, 3.05) is 0 Å². The van der Waals surface area contributed by atoms with E-state index in [9.17, 15) is 4.91 Å². The third kappa shape index (κ3) is 2.31. The number of hydrogen-bond acceptors (Lipinski definition) is 3. The molecule has 1 atom stereocenters. The van der Waals surface area contributed by atoms with Crippen molar-refractivity contribution in [3.63, 3.8) is 0 Å². The first-order chi connectivity index (χ1) is 7.79. The van der Waals surface area contributed by atoms with E-state index >= 15 is 0 Å². The van der Waals surface area contributed by atoms with E-state index in [2.05, 4.69) is 22.1 Å². The average Bonchev–Trinajstić information content (AvgIpc) is 2.82. The Hall–Kier alpha value is -2.04. The Balaban J connectivity index is 2.08. The van der Waals surface area contributed by atoms with Crippen LogP contribution in [-0.2, 0) is 6.42 Å². The van der Waals surface area contributed by atoms with Gasteiger partial charge in [-0.15, -0.1) is 0 Å². The summed E-state index contributed by atoms with van der Waals surface area (Å²) < 4.78 is 0. The molecule has 2 rings (SSSR count). The van der Waals surface area contributed by atoms with Crippen LogP contribution in [0.3, 0.4) is 0 Å². The second-order valence-corrected chi connectivity index (χ2v) is 3.76. The molecule has 82 valence electrons. The summed E-state index contributed by atoms with van der Waals surface area (Å²) in [7, 11) is 0. The third-order valence-electron chi connectivity index (χ3n) is 2.56. The fourth-order valence-electron chi connectivity index (χ4n) is 1.62. The van der Waals surface area contributed by atoms with Gasteiger partial charge < -0.3 is 0 Å². The van der Waals surface area contributed by atoms with Gasteiger partial charge in [-0.05, 0) is 11.5 Å². The van der Waals surface area contributed by atoms with Crippen molar-refractivity contribution < 1.29 is 5.18 Å². The molecule has 1 unspecified atom stereocenters. The van der Waals surface area contributed by atoms with Gasteiger partial charge in [0.2, 0.25) is 0 Å². The van der Waals surface area contributed by atoms with Crippen LogP contribution in [0.15, 0.2) is 30.6 Å². The molecule has 0 aliphatic carbocycles. The highest BCUT2D eigenvalue weighted by Gasteiger charge is 2.09. The first-order valence-corrected chi connectivity index (χ1v) is 5.12. The molecule has 5 nitrogen and oxygen atoms in total. The molecule has 1 heterocycles. The van der Waals surface area contributed by atoms with Gasteiger partial charge in [-0.3, -0.25) is 5.10 Å². The van der Waals surface area contributed by atoms with Gasteiger partial charge in [0, 0.05) is 28.6 Å². The lowest BCUT2D eigenvalue weighted by Crippen LogP contribution is -2.55. The standard InChI is InChI=1S/C11H12N4O/c1-8(6-11-12-7-13-14-11)9-2-4-10(15-16)5-3-9/h2-5,7-8H,6H2,1H3,(H,12,13,14)/p+1. The van der Waals surface area contributed by atoms with Crippen molar-refractivity contribution in [2.45, 2.75) is 19.3 Å². The molecule has 0 aliphatic heterocycles. The van der Waals surface area contributed by atoms with Crippen molar-refractivity contribution in [1.29, 1.82) is 0 Å². The van der Waals surface area contributed by atoms with E-state index in [0.717, 1.165) is 12.2 Å². The van der Waals surface area contributed by atoms with Crippen molar-refractivity contribution >= 4 is 5.69 Å².